The lowest BCUT2D eigenvalue weighted by Crippen LogP contribution is -2.41. The summed E-state index contributed by atoms with van der Waals surface area (Å²) < 4.78 is 16.8. The Morgan fingerprint density at radius 2 is 2.30 bits per heavy atom. The number of rotatable bonds is 6. The molecule has 11 nitrogen and oxygen atoms in total. The predicted molar refractivity (Wildman–Crippen MR) is 89.0 cm³/mol. The molecule has 144 valence electrons. The van der Waals surface area contributed by atoms with E-state index in [0.717, 1.165) is 0 Å². The molecule has 3 heterocycles. The molecule has 0 saturated carbocycles. The van der Waals surface area contributed by atoms with Gasteiger partial charge in [-0.25, -0.2) is 9.50 Å². The highest BCUT2D eigenvalue weighted by atomic mass is 16.6. The number of aromatic nitrogens is 3. The number of nitriles is 1. The van der Waals surface area contributed by atoms with Gasteiger partial charge in [0, 0.05) is 7.11 Å². The van der Waals surface area contributed by atoms with E-state index >= 15 is 0 Å². The first-order valence-corrected chi connectivity index (χ1v) is 8.13. The van der Waals surface area contributed by atoms with Crippen molar-refractivity contribution in [3.05, 3.63) is 24.2 Å². The van der Waals surface area contributed by atoms with E-state index in [9.17, 15) is 20.3 Å². The van der Waals surface area contributed by atoms with Gasteiger partial charge in [0.2, 0.25) is 5.60 Å². The van der Waals surface area contributed by atoms with Gasteiger partial charge in [0.1, 0.15) is 42.8 Å². The van der Waals surface area contributed by atoms with Crippen LogP contribution in [0.4, 0.5) is 5.82 Å². The summed E-state index contributed by atoms with van der Waals surface area (Å²) in [6, 6.07) is 4.99. The van der Waals surface area contributed by atoms with Crippen molar-refractivity contribution in [2.24, 2.45) is 0 Å². The number of carbonyl (C=O) groups excluding carboxylic acids is 1. The van der Waals surface area contributed by atoms with Crippen LogP contribution in [-0.4, -0.2) is 69.4 Å². The van der Waals surface area contributed by atoms with Crippen LogP contribution in [0.2, 0.25) is 0 Å². The standard InChI is InChI=1S/C16H19N5O6/c1-25-5-4-12(22)26-6-10-13(23)14(24)16(7-17,27-10)11-3-2-9-15(18)19-8-20-21(9)11/h2-3,8,10,13-14,23-24H,4-6H2,1H3,(H2,18,19,20)/t10-,13-,14-,16+/m1/s1. The second-order valence-electron chi connectivity index (χ2n) is 6.03. The fraction of sp³-hybridized carbons (Fsp3) is 0.500. The van der Waals surface area contributed by atoms with Crippen molar-refractivity contribution in [1.29, 1.82) is 5.26 Å². The van der Waals surface area contributed by atoms with Crippen LogP contribution in [0.15, 0.2) is 18.5 Å². The number of methoxy groups -OCH3 is 1. The summed E-state index contributed by atoms with van der Waals surface area (Å²) in [6.07, 6.45) is -2.92. The lowest BCUT2D eigenvalue weighted by molar-refractivity contribution is -0.151. The first kappa shape index (κ1) is 19.0. The molecular weight excluding hydrogens is 358 g/mol. The Kier molecular flexibility index (Phi) is 5.24. The molecule has 0 radical (unpaired) electrons. The molecule has 0 aliphatic carbocycles. The van der Waals surface area contributed by atoms with Crippen molar-refractivity contribution < 1.29 is 29.2 Å². The number of hydrogen-bond acceptors (Lipinski definition) is 10. The molecule has 0 aromatic carbocycles. The second kappa shape index (κ2) is 7.45. The van der Waals surface area contributed by atoms with E-state index in [4.69, 9.17) is 19.9 Å². The zero-order chi connectivity index (χ0) is 19.6. The predicted octanol–water partition coefficient (Wildman–Crippen LogP) is -1.27. The number of esters is 1. The van der Waals surface area contributed by atoms with E-state index in [1.54, 1.807) is 6.07 Å². The van der Waals surface area contributed by atoms with E-state index in [0.29, 0.717) is 5.52 Å². The van der Waals surface area contributed by atoms with Gasteiger partial charge < -0.3 is 30.2 Å². The first-order chi connectivity index (χ1) is 12.9. The molecule has 0 spiro atoms. The van der Waals surface area contributed by atoms with E-state index in [1.807, 2.05) is 6.07 Å². The van der Waals surface area contributed by atoms with Crippen molar-refractivity contribution >= 4 is 17.3 Å². The van der Waals surface area contributed by atoms with Gasteiger partial charge in [0.25, 0.3) is 0 Å². The average Bonchev–Trinajstić information content (AvgIpc) is 3.21. The average molecular weight is 377 g/mol. The van der Waals surface area contributed by atoms with Gasteiger partial charge in [-0.3, -0.25) is 4.79 Å². The minimum absolute atomic E-state index is 0.0325. The molecule has 4 atom stereocenters. The number of anilines is 1. The monoisotopic (exact) mass is 377 g/mol. The van der Waals surface area contributed by atoms with Gasteiger partial charge in [0.15, 0.2) is 5.82 Å². The van der Waals surface area contributed by atoms with Crippen molar-refractivity contribution in [2.75, 3.05) is 26.1 Å². The Labute approximate surface area is 153 Å². The van der Waals surface area contributed by atoms with Gasteiger partial charge in [-0.05, 0) is 12.1 Å². The van der Waals surface area contributed by atoms with Crippen LogP contribution in [0.25, 0.3) is 5.52 Å². The fourth-order valence-electron chi connectivity index (χ4n) is 2.98. The Hall–Kier alpha value is -2.78. The van der Waals surface area contributed by atoms with Crippen LogP contribution >= 0.6 is 0 Å². The molecule has 0 bridgehead atoms. The van der Waals surface area contributed by atoms with Gasteiger partial charge in [0.05, 0.1) is 18.7 Å². The normalized spacial score (nSPS) is 27.6. The molecule has 2 aromatic heterocycles. The number of carbonyl (C=O) groups is 1. The second-order valence-corrected chi connectivity index (χ2v) is 6.03. The third kappa shape index (κ3) is 3.19. The number of hydrogen-bond donors (Lipinski definition) is 3. The molecule has 2 aromatic rings. The van der Waals surface area contributed by atoms with Crippen molar-refractivity contribution in [2.45, 2.75) is 30.3 Å². The highest BCUT2D eigenvalue weighted by Crippen LogP contribution is 2.40. The SMILES string of the molecule is COCCC(=O)OC[C@H]1O[C@@](C#N)(c2ccc3c(N)ncnn23)[C@H](O)[C@@H]1O. The molecule has 11 heteroatoms. The molecular formula is C16H19N5O6. The number of nitrogens with two attached hydrogens (primary N) is 1. The fourth-order valence-corrected chi connectivity index (χ4v) is 2.98. The summed E-state index contributed by atoms with van der Waals surface area (Å²) in [6.45, 7) is -0.139. The molecule has 4 N–H and O–H groups in total. The maximum Gasteiger partial charge on any atom is 0.308 e. The topological polar surface area (TPSA) is 165 Å². The third-order valence-corrected chi connectivity index (χ3v) is 4.41. The van der Waals surface area contributed by atoms with Gasteiger partial charge in [-0.15, -0.1) is 0 Å². The third-order valence-electron chi connectivity index (χ3n) is 4.41. The van der Waals surface area contributed by atoms with Gasteiger partial charge in [-0.2, -0.15) is 10.4 Å². The highest BCUT2D eigenvalue weighted by Gasteiger charge is 2.57. The number of fused-ring (bicyclic) bond motifs is 1. The number of aliphatic hydroxyl groups excluding tert-OH is 2. The molecule has 1 aliphatic heterocycles. The van der Waals surface area contributed by atoms with Crippen molar-refractivity contribution in [3.8, 4) is 6.07 Å². The lowest BCUT2D eigenvalue weighted by Gasteiger charge is -2.24. The molecule has 0 unspecified atom stereocenters. The number of nitrogen functional groups attached to an aromatic ring is 1. The summed E-state index contributed by atoms with van der Waals surface area (Å²) in [4.78, 5) is 15.5. The molecule has 27 heavy (non-hydrogen) atoms. The first-order valence-electron chi connectivity index (χ1n) is 8.13. The van der Waals surface area contributed by atoms with Gasteiger partial charge in [-0.1, -0.05) is 0 Å². The van der Waals surface area contributed by atoms with Crippen LogP contribution in [0.5, 0.6) is 0 Å². The molecule has 1 saturated heterocycles. The number of nitrogens with zero attached hydrogens (tertiary/aromatic N) is 4. The lowest BCUT2D eigenvalue weighted by atomic mass is 9.92. The highest BCUT2D eigenvalue weighted by molar-refractivity contribution is 5.69. The minimum atomic E-state index is -1.92. The van der Waals surface area contributed by atoms with E-state index in [-0.39, 0.29) is 31.1 Å². The van der Waals surface area contributed by atoms with Crippen molar-refractivity contribution in [1.82, 2.24) is 14.6 Å². The number of ether oxygens (including phenoxy) is 3. The summed E-state index contributed by atoms with van der Waals surface area (Å²) in [5.41, 5.74) is 4.46. The Balaban J connectivity index is 1.86. The van der Waals surface area contributed by atoms with Crippen LogP contribution in [0.3, 0.4) is 0 Å². The maximum absolute atomic E-state index is 11.6. The zero-order valence-electron chi connectivity index (χ0n) is 14.5. The largest absolute Gasteiger partial charge is 0.463 e. The quantitative estimate of drug-likeness (QED) is 0.517. The maximum atomic E-state index is 11.6. The van der Waals surface area contributed by atoms with Crippen LogP contribution in [0, 0.1) is 11.3 Å². The van der Waals surface area contributed by atoms with E-state index < -0.39 is 29.9 Å². The Morgan fingerprint density at radius 1 is 1.52 bits per heavy atom. The zero-order valence-corrected chi connectivity index (χ0v) is 14.5. The summed E-state index contributed by atoms with van der Waals surface area (Å²) >= 11 is 0. The molecule has 1 aliphatic rings. The smallest absolute Gasteiger partial charge is 0.308 e. The Bertz CT molecular complexity index is 880. The van der Waals surface area contributed by atoms with E-state index in [2.05, 4.69) is 10.1 Å². The molecule has 0 amide bonds. The Morgan fingerprint density at radius 3 is 3.00 bits per heavy atom. The summed E-state index contributed by atoms with van der Waals surface area (Å²) in [5, 5.41) is 34.7. The molecule has 3 rings (SSSR count). The minimum Gasteiger partial charge on any atom is -0.463 e. The van der Waals surface area contributed by atoms with Crippen molar-refractivity contribution in [3.63, 3.8) is 0 Å². The van der Waals surface area contributed by atoms with Crippen LogP contribution in [-0.2, 0) is 24.6 Å². The summed E-state index contributed by atoms with van der Waals surface area (Å²) in [5.74, 6) is -0.369. The number of aliphatic hydroxyl groups is 2. The van der Waals surface area contributed by atoms with Crippen LogP contribution in [0.1, 0.15) is 12.1 Å². The van der Waals surface area contributed by atoms with Gasteiger partial charge >= 0.3 is 5.97 Å². The van der Waals surface area contributed by atoms with Crippen LogP contribution < -0.4 is 5.73 Å². The van der Waals surface area contributed by atoms with E-state index in [1.165, 1.54) is 24.0 Å². The molecule has 1 fully saturated rings. The summed E-state index contributed by atoms with van der Waals surface area (Å²) in [7, 11) is 1.45.